The third-order valence-corrected chi connectivity index (χ3v) is 4.49. The van der Waals surface area contributed by atoms with Gasteiger partial charge in [-0.05, 0) is 18.3 Å². The van der Waals surface area contributed by atoms with Crippen LogP contribution in [0.5, 0.6) is 0 Å². The van der Waals surface area contributed by atoms with E-state index in [4.69, 9.17) is 0 Å². The van der Waals surface area contributed by atoms with Gasteiger partial charge in [-0.2, -0.15) is 0 Å². The molecular weight excluding hydrogens is 208 g/mol. The fourth-order valence-electron chi connectivity index (χ4n) is 3.37. The molecular formula is C16H30O. The van der Waals surface area contributed by atoms with Gasteiger partial charge in [0.05, 0.1) is 0 Å². The predicted octanol–water partition coefficient (Wildman–Crippen LogP) is 5.13. The molecule has 100 valence electrons. The number of rotatable bonds is 9. The minimum atomic E-state index is 0.764. The fourth-order valence-corrected chi connectivity index (χ4v) is 3.37. The van der Waals surface area contributed by atoms with E-state index in [9.17, 15) is 4.79 Å². The van der Waals surface area contributed by atoms with Crippen LogP contribution < -0.4 is 0 Å². The molecule has 1 saturated carbocycles. The highest BCUT2D eigenvalue weighted by Crippen LogP contribution is 2.34. The van der Waals surface area contributed by atoms with Crippen molar-refractivity contribution in [2.75, 3.05) is 0 Å². The van der Waals surface area contributed by atoms with Crippen LogP contribution in [0.3, 0.4) is 0 Å². The Morgan fingerprint density at radius 2 is 1.76 bits per heavy atom. The second-order valence-corrected chi connectivity index (χ2v) is 5.72. The van der Waals surface area contributed by atoms with Crippen LogP contribution in [-0.4, -0.2) is 6.29 Å². The number of hydrogen-bond acceptors (Lipinski definition) is 1. The lowest BCUT2D eigenvalue weighted by molar-refractivity contribution is -0.107. The number of hydrogen-bond donors (Lipinski definition) is 0. The molecule has 1 aliphatic rings. The second-order valence-electron chi connectivity index (χ2n) is 5.72. The van der Waals surface area contributed by atoms with Crippen LogP contribution in [0.1, 0.15) is 84.0 Å². The first-order valence-electron chi connectivity index (χ1n) is 7.82. The van der Waals surface area contributed by atoms with Crippen LogP contribution in [-0.2, 0) is 4.79 Å². The van der Waals surface area contributed by atoms with E-state index < -0.39 is 0 Å². The third-order valence-electron chi connectivity index (χ3n) is 4.49. The molecule has 17 heavy (non-hydrogen) atoms. The first-order valence-corrected chi connectivity index (χ1v) is 7.82. The molecule has 1 unspecified atom stereocenters. The van der Waals surface area contributed by atoms with Gasteiger partial charge >= 0.3 is 0 Å². The molecule has 0 amide bonds. The lowest BCUT2D eigenvalue weighted by atomic mass is 9.76. The van der Waals surface area contributed by atoms with E-state index in [1.54, 1.807) is 0 Å². The van der Waals surface area contributed by atoms with E-state index in [1.165, 1.54) is 64.2 Å². The highest BCUT2D eigenvalue weighted by atomic mass is 16.1. The average Bonchev–Trinajstić information content (AvgIpc) is 2.39. The predicted molar refractivity (Wildman–Crippen MR) is 74.1 cm³/mol. The maximum absolute atomic E-state index is 10.2. The van der Waals surface area contributed by atoms with Gasteiger partial charge in [-0.25, -0.2) is 0 Å². The van der Waals surface area contributed by atoms with Crippen molar-refractivity contribution in [2.45, 2.75) is 84.0 Å². The largest absolute Gasteiger partial charge is 0.303 e. The Morgan fingerprint density at radius 1 is 1.06 bits per heavy atom. The molecule has 0 aliphatic heterocycles. The smallest absolute Gasteiger partial charge is 0.119 e. The van der Waals surface area contributed by atoms with Gasteiger partial charge in [0, 0.05) is 6.42 Å². The molecule has 1 fully saturated rings. The first kappa shape index (κ1) is 14.7. The Labute approximate surface area is 107 Å². The Morgan fingerprint density at radius 3 is 2.41 bits per heavy atom. The van der Waals surface area contributed by atoms with Gasteiger partial charge in [-0.1, -0.05) is 71.1 Å². The Hall–Kier alpha value is -0.330. The lowest BCUT2D eigenvalue weighted by Gasteiger charge is -2.29. The topological polar surface area (TPSA) is 17.1 Å². The van der Waals surface area contributed by atoms with E-state index >= 15 is 0 Å². The van der Waals surface area contributed by atoms with E-state index in [0.717, 1.165) is 31.0 Å². The summed E-state index contributed by atoms with van der Waals surface area (Å²) in [5.41, 5.74) is 0. The van der Waals surface area contributed by atoms with Crippen molar-refractivity contribution in [3.8, 4) is 0 Å². The molecule has 0 heterocycles. The maximum atomic E-state index is 10.2. The lowest BCUT2D eigenvalue weighted by Crippen LogP contribution is -2.17. The number of carbonyl (C=O) groups is 1. The van der Waals surface area contributed by atoms with Crippen molar-refractivity contribution in [3.63, 3.8) is 0 Å². The van der Waals surface area contributed by atoms with Gasteiger partial charge in [0.25, 0.3) is 0 Å². The quantitative estimate of drug-likeness (QED) is 0.402. The summed E-state index contributed by atoms with van der Waals surface area (Å²) in [5.74, 6) is 2.02. The Balaban J connectivity index is 2.07. The second kappa shape index (κ2) is 9.67. The van der Waals surface area contributed by atoms with E-state index in [2.05, 4.69) is 6.92 Å². The highest BCUT2D eigenvalue weighted by Gasteiger charge is 2.21. The molecule has 1 rings (SSSR count). The van der Waals surface area contributed by atoms with Gasteiger partial charge in [-0.15, -0.1) is 0 Å². The van der Waals surface area contributed by atoms with Crippen molar-refractivity contribution >= 4 is 6.29 Å². The zero-order valence-electron chi connectivity index (χ0n) is 11.6. The number of aldehydes is 1. The summed E-state index contributed by atoms with van der Waals surface area (Å²) < 4.78 is 0. The third kappa shape index (κ3) is 6.24. The maximum Gasteiger partial charge on any atom is 0.119 e. The molecule has 0 aromatic heterocycles. The van der Waals surface area contributed by atoms with Crippen LogP contribution in [0, 0.1) is 11.8 Å². The molecule has 1 nitrogen and oxygen atoms in total. The Bertz CT molecular complexity index is 182. The van der Waals surface area contributed by atoms with Crippen LogP contribution in [0.25, 0.3) is 0 Å². The highest BCUT2D eigenvalue weighted by molar-refractivity contribution is 5.48. The first-order chi connectivity index (χ1) is 8.38. The van der Waals surface area contributed by atoms with Crippen LogP contribution in [0.2, 0.25) is 0 Å². The zero-order valence-corrected chi connectivity index (χ0v) is 11.6. The summed E-state index contributed by atoms with van der Waals surface area (Å²) in [4.78, 5) is 10.2. The van der Waals surface area contributed by atoms with E-state index in [1.807, 2.05) is 0 Å². The average molecular weight is 238 g/mol. The molecule has 0 bridgehead atoms. The van der Waals surface area contributed by atoms with Gasteiger partial charge in [-0.3, -0.25) is 0 Å². The molecule has 1 atom stereocenters. The molecule has 0 aromatic carbocycles. The monoisotopic (exact) mass is 238 g/mol. The van der Waals surface area contributed by atoms with Gasteiger partial charge in [0.2, 0.25) is 0 Å². The summed E-state index contributed by atoms with van der Waals surface area (Å²) in [7, 11) is 0. The molecule has 0 spiro atoms. The normalized spacial score (nSPS) is 19.1. The van der Waals surface area contributed by atoms with Gasteiger partial charge in [0.1, 0.15) is 6.29 Å². The van der Waals surface area contributed by atoms with Crippen LogP contribution >= 0.6 is 0 Å². The fraction of sp³-hybridized carbons (Fsp3) is 0.938. The van der Waals surface area contributed by atoms with Crippen LogP contribution in [0.4, 0.5) is 0 Å². The van der Waals surface area contributed by atoms with Crippen molar-refractivity contribution in [1.82, 2.24) is 0 Å². The molecule has 0 N–H and O–H groups in total. The van der Waals surface area contributed by atoms with Crippen molar-refractivity contribution in [3.05, 3.63) is 0 Å². The van der Waals surface area contributed by atoms with E-state index in [-0.39, 0.29) is 0 Å². The zero-order chi connectivity index (χ0) is 12.3. The summed E-state index contributed by atoms with van der Waals surface area (Å²) in [6, 6.07) is 0. The number of unbranched alkanes of at least 4 members (excludes halogenated alkanes) is 4. The minimum Gasteiger partial charge on any atom is -0.303 e. The van der Waals surface area contributed by atoms with Crippen molar-refractivity contribution in [1.29, 1.82) is 0 Å². The Kier molecular flexibility index (Phi) is 8.38. The van der Waals surface area contributed by atoms with Crippen molar-refractivity contribution in [2.24, 2.45) is 11.8 Å². The molecule has 1 heteroatoms. The number of carbonyl (C=O) groups excluding carboxylic acids is 1. The molecule has 0 saturated heterocycles. The summed E-state index contributed by atoms with van der Waals surface area (Å²) in [6.45, 7) is 2.37. The summed E-state index contributed by atoms with van der Waals surface area (Å²) in [5, 5.41) is 0. The summed E-state index contributed by atoms with van der Waals surface area (Å²) in [6.07, 6.45) is 17.1. The van der Waals surface area contributed by atoms with Gasteiger partial charge < -0.3 is 4.79 Å². The van der Waals surface area contributed by atoms with Gasteiger partial charge in [0.15, 0.2) is 0 Å². The summed E-state index contributed by atoms with van der Waals surface area (Å²) >= 11 is 0. The SMILES string of the molecule is CCC(CCCCCCC=O)C1CCCCC1. The minimum absolute atomic E-state index is 0.764. The molecule has 1 aliphatic carbocycles. The molecule has 0 aromatic rings. The van der Waals surface area contributed by atoms with E-state index in [0.29, 0.717) is 0 Å². The van der Waals surface area contributed by atoms with Crippen molar-refractivity contribution < 1.29 is 4.79 Å². The standard InChI is InChI=1S/C16H30O/c1-2-15(16-12-8-6-9-13-16)11-7-4-3-5-10-14-17/h14-16H,2-13H2,1H3. The molecule has 0 radical (unpaired) electrons. The van der Waals surface area contributed by atoms with Crippen LogP contribution in [0.15, 0.2) is 0 Å².